The maximum Gasteiger partial charge on any atom is 0.344 e. The summed E-state index contributed by atoms with van der Waals surface area (Å²) in [5.41, 5.74) is 1.72. The molecule has 0 fully saturated rings. The van der Waals surface area contributed by atoms with Crippen molar-refractivity contribution in [2.24, 2.45) is 4.99 Å². The van der Waals surface area contributed by atoms with Crippen LogP contribution in [0.15, 0.2) is 53.5 Å². The molecule has 6 heteroatoms. The van der Waals surface area contributed by atoms with Gasteiger partial charge in [-0.3, -0.25) is 4.99 Å². The summed E-state index contributed by atoms with van der Waals surface area (Å²) in [6, 6.07) is 13.4. The summed E-state index contributed by atoms with van der Waals surface area (Å²) in [5.74, 6) is -0.822. The Balaban J connectivity index is 1.91. The maximum atomic E-state index is 11.4. The van der Waals surface area contributed by atoms with Gasteiger partial charge in [-0.25, -0.2) is 9.59 Å². The van der Waals surface area contributed by atoms with E-state index in [1.54, 1.807) is 56.5 Å². The predicted molar refractivity (Wildman–Crippen MR) is 93.8 cm³/mol. The first-order valence-corrected chi connectivity index (χ1v) is 7.74. The Hall–Kier alpha value is -3.15. The SMILES string of the molecule is CC(C)OC(=O)COc1ccc(C=Nc2ccc(C(=O)O)cc2)cc1. The van der Waals surface area contributed by atoms with E-state index in [2.05, 4.69) is 4.99 Å². The molecular weight excluding hydrogens is 322 g/mol. The second kappa shape index (κ2) is 8.63. The van der Waals surface area contributed by atoms with Crippen LogP contribution in [0.1, 0.15) is 29.8 Å². The van der Waals surface area contributed by atoms with Gasteiger partial charge in [0.05, 0.1) is 17.4 Å². The fourth-order valence-corrected chi connectivity index (χ4v) is 1.93. The minimum atomic E-state index is -0.969. The third kappa shape index (κ3) is 6.10. The highest BCUT2D eigenvalue weighted by molar-refractivity contribution is 5.88. The summed E-state index contributed by atoms with van der Waals surface area (Å²) in [6.07, 6.45) is 1.49. The van der Waals surface area contributed by atoms with E-state index in [9.17, 15) is 9.59 Å². The van der Waals surface area contributed by atoms with Gasteiger partial charge in [0.15, 0.2) is 6.61 Å². The van der Waals surface area contributed by atoms with Crippen LogP contribution in [0.4, 0.5) is 5.69 Å². The third-order valence-corrected chi connectivity index (χ3v) is 3.08. The average molecular weight is 341 g/mol. The lowest BCUT2D eigenvalue weighted by Crippen LogP contribution is -2.18. The van der Waals surface area contributed by atoms with Crippen molar-refractivity contribution in [1.82, 2.24) is 0 Å². The molecule has 0 atom stereocenters. The molecule has 2 rings (SSSR count). The van der Waals surface area contributed by atoms with Crippen LogP contribution in [-0.4, -0.2) is 36.0 Å². The molecule has 0 bridgehead atoms. The number of nitrogens with zero attached hydrogens (tertiary/aromatic N) is 1. The summed E-state index contributed by atoms with van der Waals surface area (Å²) in [6.45, 7) is 3.42. The highest BCUT2D eigenvalue weighted by Gasteiger charge is 2.06. The summed E-state index contributed by atoms with van der Waals surface area (Å²) in [7, 11) is 0. The zero-order chi connectivity index (χ0) is 18.2. The topological polar surface area (TPSA) is 85.2 Å². The molecule has 6 nitrogen and oxygen atoms in total. The lowest BCUT2D eigenvalue weighted by Gasteiger charge is -2.09. The van der Waals surface area contributed by atoms with Crippen molar-refractivity contribution < 1.29 is 24.2 Å². The summed E-state index contributed by atoms with van der Waals surface area (Å²) < 4.78 is 10.3. The van der Waals surface area contributed by atoms with Crippen LogP contribution in [0.3, 0.4) is 0 Å². The smallest absolute Gasteiger partial charge is 0.344 e. The minimum absolute atomic E-state index is 0.137. The molecule has 2 aromatic rings. The highest BCUT2D eigenvalue weighted by Crippen LogP contribution is 2.15. The molecule has 0 aromatic heterocycles. The number of carbonyl (C=O) groups is 2. The van der Waals surface area contributed by atoms with Crippen LogP contribution < -0.4 is 4.74 Å². The number of hydrogen-bond acceptors (Lipinski definition) is 5. The van der Waals surface area contributed by atoms with Gasteiger partial charge in [-0.05, 0) is 67.9 Å². The van der Waals surface area contributed by atoms with Gasteiger partial charge in [0, 0.05) is 6.21 Å². The molecule has 0 saturated heterocycles. The van der Waals surface area contributed by atoms with Crippen LogP contribution in [0, 0.1) is 0 Å². The normalized spacial score (nSPS) is 10.8. The van der Waals surface area contributed by atoms with Crippen molar-refractivity contribution in [2.75, 3.05) is 6.61 Å². The van der Waals surface area contributed by atoms with Crippen molar-refractivity contribution in [3.8, 4) is 5.75 Å². The molecule has 0 aliphatic rings. The molecule has 0 unspecified atom stereocenters. The first kappa shape index (κ1) is 18.2. The number of esters is 1. The van der Waals surface area contributed by atoms with Gasteiger partial charge in [0.1, 0.15) is 5.75 Å². The predicted octanol–water partition coefficient (Wildman–Crippen LogP) is 3.47. The first-order chi connectivity index (χ1) is 11.9. The number of aliphatic imine (C=N–C) groups is 1. The highest BCUT2D eigenvalue weighted by atomic mass is 16.6. The van der Waals surface area contributed by atoms with E-state index < -0.39 is 11.9 Å². The fraction of sp³-hybridized carbons (Fsp3) is 0.211. The van der Waals surface area contributed by atoms with E-state index in [1.807, 2.05) is 0 Å². The molecule has 25 heavy (non-hydrogen) atoms. The Morgan fingerprint density at radius 1 is 1.08 bits per heavy atom. The molecule has 0 aliphatic heterocycles. The van der Waals surface area contributed by atoms with Crippen LogP contribution in [0.2, 0.25) is 0 Å². The van der Waals surface area contributed by atoms with Gasteiger partial charge in [0.2, 0.25) is 0 Å². The van der Waals surface area contributed by atoms with Crippen molar-refractivity contribution in [3.05, 3.63) is 59.7 Å². The molecule has 2 aromatic carbocycles. The molecule has 0 heterocycles. The van der Waals surface area contributed by atoms with Crippen LogP contribution >= 0.6 is 0 Å². The maximum absolute atomic E-state index is 11.4. The van der Waals surface area contributed by atoms with Crippen LogP contribution in [0.5, 0.6) is 5.75 Å². The van der Waals surface area contributed by atoms with Gasteiger partial charge < -0.3 is 14.6 Å². The van der Waals surface area contributed by atoms with Crippen LogP contribution in [-0.2, 0) is 9.53 Å². The van der Waals surface area contributed by atoms with E-state index in [4.69, 9.17) is 14.6 Å². The number of carbonyl (C=O) groups excluding carboxylic acids is 1. The zero-order valence-electron chi connectivity index (χ0n) is 14.0. The summed E-state index contributed by atoms with van der Waals surface area (Å²) >= 11 is 0. The van der Waals surface area contributed by atoms with Crippen LogP contribution in [0.25, 0.3) is 0 Å². The second-order valence-corrected chi connectivity index (χ2v) is 5.51. The zero-order valence-corrected chi connectivity index (χ0v) is 14.0. The quantitative estimate of drug-likeness (QED) is 0.616. The molecule has 0 radical (unpaired) electrons. The summed E-state index contributed by atoms with van der Waals surface area (Å²) in [5, 5.41) is 8.85. The first-order valence-electron chi connectivity index (χ1n) is 7.74. The van der Waals surface area contributed by atoms with E-state index in [0.29, 0.717) is 11.4 Å². The fourth-order valence-electron chi connectivity index (χ4n) is 1.93. The number of rotatable bonds is 7. The second-order valence-electron chi connectivity index (χ2n) is 5.51. The molecule has 0 spiro atoms. The Kier molecular flexibility index (Phi) is 6.28. The Labute approximate surface area is 145 Å². The monoisotopic (exact) mass is 341 g/mol. The number of ether oxygens (including phenoxy) is 2. The Bertz CT molecular complexity index is 748. The van der Waals surface area contributed by atoms with E-state index in [0.717, 1.165) is 5.56 Å². The van der Waals surface area contributed by atoms with Crippen molar-refractivity contribution in [2.45, 2.75) is 20.0 Å². The van der Waals surface area contributed by atoms with Gasteiger partial charge in [0.25, 0.3) is 0 Å². The van der Waals surface area contributed by atoms with Gasteiger partial charge in [-0.1, -0.05) is 0 Å². The number of hydrogen-bond donors (Lipinski definition) is 1. The standard InChI is InChI=1S/C19H19NO5/c1-13(2)25-18(21)12-24-17-9-3-14(4-10-17)11-20-16-7-5-15(6-8-16)19(22)23/h3-11,13H,12H2,1-2H3,(H,22,23). The molecular formula is C19H19NO5. The molecule has 0 saturated carbocycles. The van der Waals surface area contributed by atoms with E-state index in [-0.39, 0.29) is 18.3 Å². The number of benzene rings is 2. The van der Waals surface area contributed by atoms with Crippen molar-refractivity contribution in [3.63, 3.8) is 0 Å². The number of carboxylic acid groups (broad SMARTS) is 1. The van der Waals surface area contributed by atoms with Gasteiger partial charge >= 0.3 is 11.9 Å². The minimum Gasteiger partial charge on any atom is -0.482 e. The molecule has 0 amide bonds. The van der Waals surface area contributed by atoms with Gasteiger partial charge in [-0.15, -0.1) is 0 Å². The lowest BCUT2D eigenvalue weighted by atomic mass is 10.2. The summed E-state index contributed by atoms with van der Waals surface area (Å²) in [4.78, 5) is 26.5. The number of carboxylic acids is 1. The molecule has 0 aliphatic carbocycles. The van der Waals surface area contributed by atoms with E-state index in [1.165, 1.54) is 12.1 Å². The van der Waals surface area contributed by atoms with Crippen molar-refractivity contribution in [1.29, 1.82) is 0 Å². The Morgan fingerprint density at radius 3 is 2.28 bits per heavy atom. The van der Waals surface area contributed by atoms with Gasteiger partial charge in [-0.2, -0.15) is 0 Å². The largest absolute Gasteiger partial charge is 0.482 e. The lowest BCUT2D eigenvalue weighted by molar-refractivity contribution is -0.149. The van der Waals surface area contributed by atoms with E-state index >= 15 is 0 Å². The molecule has 130 valence electrons. The average Bonchev–Trinajstić information content (AvgIpc) is 2.59. The Morgan fingerprint density at radius 2 is 1.72 bits per heavy atom. The number of aromatic carboxylic acids is 1. The molecule has 1 N–H and O–H groups in total. The third-order valence-electron chi connectivity index (χ3n) is 3.08. The van der Waals surface area contributed by atoms with Crippen molar-refractivity contribution >= 4 is 23.8 Å².